The van der Waals surface area contributed by atoms with Crippen molar-refractivity contribution in [2.45, 2.75) is 44.8 Å². The van der Waals surface area contributed by atoms with E-state index in [0.717, 1.165) is 24.2 Å². The molecule has 1 heterocycles. The van der Waals surface area contributed by atoms with Crippen molar-refractivity contribution in [1.82, 2.24) is 15.1 Å². The molecule has 2 aromatic rings. The Labute approximate surface area is 188 Å². The van der Waals surface area contributed by atoms with Crippen LogP contribution in [0.25, 0.3) is 0 Å². The van der Waals surface area contributed by atoms with Crippen molar-refractivity contribution < 1.29 is 14.0 Å². The molecule has 8 nitrogen and oxygen atoms in total. The Bertz CT molecular complexity index is 951. The van der Waals surface area contributed by atoms with Crippen LogP contribution < -0.4 is 5.32 Å². The molecule has 1 aliphatic carbocycles. The fraction of sp³-hybridized carbons (Fsp3) is 0.417. The van der Waals surface area contributed by atoms with Crippen molar-refractivity contribution in [3.63, 3.8) is 0 Å². The molecule has 1 fully saturated rings. The third kappa shape index (κ3) is 7.26. The minimum Gasteiger partial charge on any atom is -0.468 e. The predicted molar refractivity (Wildman–Crippen MR) is 117 cm³/mol. The molecule has 8 heteroatoms. The molecule has 0 radical (unpaired) electrons. The van der Waals surface area contributed by atoms with Gasteiger partial charge >= 0.3 is 0 Å². The molecule has 3 rings (SSSR count). The lowest BCUT2D eigenvalue weighted by atomic mass is 10.1. The van der Waals surface area contributed by atoms with E-state index in [4.69, 9.17) is 14.9 Å². The van der Waals surface area contributed by atoms with E-state index in [2.05, 4.69) is 17.5 Å². The summed E-state index contributed by atoms with van der Waals surface area (Å²) in [6.07, 6.45) is 4.12. The number of hydrogen-bond acceptors (Lipinski definition) is 6. The lowest BCUT2D eigenvalue weighted by Gasteiger charge is -2.26. The molecule has 0 aliphatic heterocycles. The maximum atomic E-state index is 12.9. The van der Waals surface area contributed by atoms with Crippen LogP contribution in [-0.2, 0) is 17.9 Å². The van der Waals surface area contributed by atoms with Gasteiger partial charge in [-0.15, -0.1) is 0 Å². The first-order chi connectivity index (χ1) is 15.6. The van der Waals surface area contributed by atoms with Crippen LogP contribution in [0.3, 0.4) is 0 Å². The molecule has 1 aliphatic rings. The highest BCUT2D eigenvalue weighted by atomic mass is 16.3. The number of hydrogen-bond donors (Lipinski definition) is 1. The Hall–Kier alpha value is -3.62. The maximum absolute atomic E-state index is 12.9. The lowest BCUT2D eigenvalue weighted by molar-refractivity contribution is -0.132. The van der Waals surface area contributed by atoms with E-state index in [9.17, 15) is 9.59 Å². The summed E-state index contributed by atoms with van der Waals surface area (Å²) >= 11 is 0. The molecule has 0 atom stereocenters. The Morgan fingerprint density at radius 2 is 1.72 bits per heavy atom. The van der Waals surface area contributed by atoms with Gasteiger partial charge < -0.3 is 14.6 Å². The number of furan rings is 1. The van der Waals surface area contributed by atoms with Gasteiger partial charge in [0.05, 0.1) is 44.3 Å². The Morgan fingerprint density at radius 3 is 2.28 bits per heavy atom. The van der Waals surface area contributed by atoms with Crippen molar-refractivity contribution in [3.8, 4) is 12.1 Å². The molecular formula is C24H27N5O3. The number of nitrogens with one attached hydrogen (secondary N) is 1. The number of amides is 2. The van der Waals surface area contributed by atoms with Crippen molar-refractivity contribution in [2.75, 3.05) is 19.6 Å². The second-order valence-electron chi connectivity index (χ2n) is 7.87. The van der Waals surface area contributed by atoms with E-state index in [1.54, 1.807) is 29.4 Å². The zero-order valence-corrected chi connectivity index (χ0v) is 18.0. The van der Waals surface area contributed by atoms with E-state index in [1.807, 2.05) is 23.1 Å². The fourth-order valence-electron chi connectivity index (χ4n) is 3.33. The third-order valence-electron chi connectivity index (χ3n) is 5.19. The largest absolute Gasteiger partial charge is 0.468 e. The monoisotopic (exact) mass is 433 g/mol. The van der Waals surface area contributed by atoms with Gasteiger partial charge in [0.2, 0.25) is 5.91 Å². The number of carbonyl (C=O) groups excluding carboxylic acids is 2. The highest BCUT2D eigenvalue weighted by Crippen LogP contribution is 2.19. The van der Waals surface area contributed by atoms with Gasteiger partial charge in [0.25, 0.3) is 5.91 Å². The summed E-state index contributed by atoms with van der Waals surface area (Å²) in [5, 5.41) is 20.7. The number of carbonyl (C=O) groups is 2. The first kappa shape index (κ1) is 23.1. The van der Waals surface area contributed by atoms with Gasteiger partial charge in [-0.1, -0.05) is 12.1 Å². The average molecular weight is 434 g/mol. The number of nitrogens with zero attached hydrogens (tertiary/aromatic N) is 4. The fourth-order valence-corrected chi connectivity index (χ4v) is 3.33. The lowest BCUT2D eigenvalue weighted by Crippen LogP contribution is -2.40. The molecular weight excluding hydrogens is 406 g/mol. The number of nitriles is 2. The van der Waals surface area contributed by atoms with Crippen LogP contribution in [0, 0.1) is 22.7 Å². The summed E-state index contributed by atoms with van der Waals surface area (Å²) in [6, 6.07) is 15.4. The van der Waals surface area contributed by atoms with Crippen LogP contribution in [0.4, 0.5) is 0 Å². The minimum absolute atomic E-state index is 0.0627. The first-order valence-electron chi connectivity index (χ1n) is 10.7. The van der Waals surface area contributed by atoms with Gasteiger partial charge in [-0.3, -0.25) is 14.5 Å². The molecule has 1 aromatic heterocycles. The molecule has 1 aromatic carbocycles. The minimum atomic E-state index is -0.137. The Kier molecular flexibility index (Phi) is 8.42. The van der Waals surface area contributed by atoms with Crippen LogP contribution in [0.2, 0.25) is 0 Å². The van der Waals surface area contributed by atoms with Crippen LogP contribution in [-0.4, -0.2) is 47.3 Å². The smallest absolute Gasteiger partial charge is 0.251 e. The first-order valence-corrected chi connectivity index (χ1v) is 10.7. The molecule has 2 amide bonds. The number of rotatable bonds is 12. The number of benzene rings is 1. The average Bonchev–Trinajstić information content (AvgIpc) is 3.46. The Balaban J connectivity index is 1.66. The molecule has 0 unspecified atom stereocenters. The summed E-state index contributed by atoms with van der Waals surface area (Å²) in [5.74, 6) is 0.536. The summed E-state index contributed by atoms with van der Waals surface area (Å²) in [7, 11) is 0. The van der Waals surface area contributed by atoms with Crippen LogP contribution in [0.5, 0.6) is 0 Å². The van der Waals surface area contributed by atoms with Gasteiger partial charge in [-0.2, -0.15) is 10.5 Å². The Morgan fingerprint density at radius 1 is 1.03 bits per heavy atom. The van der Waals surface area contributed by atoms with Crippen molar-refractivity contribution >= 4 is 11.8 Å². The quantitative estimate of drug-likeness (QED) is 0.551. The highest BCUT2D eigenvalue weighted by Gasteiger charge is 2.24. The van der Waals surface area contributed by atoms with Crippen molar-refractivity contribution in [1.29, 1.82) is 10.5 Å². The van der Waals surface area contributed by atoms with Gasteiger partial charge in [-0.25, -0.2) is 0 Å². The molecule has 1 N–H and O–H groups in total. The van der Waals surface area contributed by atoms with E-state index in [1.165, 1.54) is 0 Å². The van der Waals surface area contributed by atoms with Crippen LogP contribution in [0.1, 0.15) is 47.4 Å². The van der Waals surface area contributed by atoms with Gasteiger partial charge in [0.15, 0.2) is 0 Å². The predicted octanol–water partition coefficient (Wildman–Crippen LogP) is 2.83. The molecule has 166 valence electrons. The third-order valence-corrected chi connectivity index (χ3v) is 5.19. The van der Waals surface area contributed by atoms with E-state index < -0.39 is 0 Å². The molecule has 0 bridgehead atoms. The topological polar surface area (TPSA) is 113 Å². The van der Waals surface area contributed by atoms with Crippen LogP contribution >= 0.6 is 0 Å². The van der Waals surface area contributed by atoms with Crippen molar-refractivity contribution in [2.24, 2.45) is 0 Å². The second kappa shape index (κ2) is 11.7. The summed E-state index contributed by atoms with van der Waals surface area (Å²) in [4.78, 5) is 28.6. The molecule has 1 saturated carbocycles. The van der Waals surface area contributed by atoms with Crippen LogP contribution in [0.15, 0.2) is 47.1 Å². The zero-order valence-electron chi connectivity index (χ0n) is 18.0. The second-order valence-corrected chi connectivity index (χ2v) is 7.87. The summed E-state index contributed by atoms with van der Waals surface area (Å²) < 4.78 is 5.46. The maximum Gasteiger partial charge on any atom is 0.251 e. The summed E-state index contributed by atoms with van der Waals surface area (Å²) in [5.41, 5.74) is 1.58. The standard InChI is InChI=1S/C24H27N5O3/c25-11-2-13-29(14-3-12-26)23(30)18-28(17-22-4-1-15-32-22)16-19-5-7-20(8-6-19)24(31)27-21-9-10-21/h1,4-8,15,21H,2-3,9-10,13-14,16-18H2,(H,27,31). The van der Waals surface area contributed by atoms with Gasteiger partial charge in [-0.05, 0) is 42.7 Å². The van der Waals surface area contributed by atoms with E-state index in [0.29, 0.717) is 37.8 Å². The highest BCUT2D eigenvalue weighted by molar-refractivity contribution is 5.94. The zero-order chi connectivity index (χ0) is 22.8. The van der Waals surface area contributed by atoms with Gasteiger partial charge in [0.1, 0.15) is 5.76 Å². The molecule has 0 spiro atoms. The van der Waals surface area contributed by atoms with Gasteiger partial charge in [0, 0.05) is 31.2 Å². The van der Waals surface area contributed by atoms with Crippen molar-refractivity contribution in [3.05, 3.63) is 59.5 Å². The summed E-state index contributed by atoms with van der Waals surface area (Å²) in [6.45, 7) is 1.66. The SMILES string of the molecule is N#CCCN(CCC#N)C(=O)CN(Cc1ccc(C(=O)NC2CC2)cc1)Cc1ccco1. The normalized spacial score (nSPS) is 12.7. The van der Waals surface area contributed by atoms with E-state index >= 15 is 0 Å². The van der Waals surface area contributed by atoms with E-state index in [-0.39, 0.29) is 31.2 Å². The molecule has 0 saturated heterocycles. The molecule has 32 heavy (non-hydrogen) atoms.